The monoisotopic (exact) mass is 192 g/mol. The van der Waals surface area contributed by atoms with E-state index in [9.17, 15) is 8.78 Å². The summed E-state index contributed by atoms with van der Waals surface area (Å²) in [5.41, 5.74) is 0. The predicted molar refractivity (Wildman–Crippen MR) is 49.1 cm³/mol. The Balaban J connectivity index is 2.46. The fourth-order valence-electron chi connectivity index (χ4n) is 1.83. The molecular formula is C9H18F2N2. The van der Waals surface area contributed by atoms with Gasteiger partial charge in [0.25, 0.3) is 6.43 Å². The van der Waals surface area contributed by atoms with Gasteiger partial charge >= 0.3 is 0 Å². The van der Waals surface area contributed by atoms with E-state index in [2.05, 4.69) is 19.2 Å². The first-order valence-corrected chi connectivity index (χ1v) is 4.84. The first-order valence-electron chi connectivity index (χ1n) is 4.84. The third-order valence-electron chi connectivity index (χ3n) is 2.54. The van der Waals surface area contributed by atoms with E-state index in [1.165, 1.54) is 0 Å². The quantitative estimate of drug-likeness (QED) is 0.722. The van der Waals surface area contributed by atoms with Crippen LogP contribution in [0.1, 0.15) is 13.8 Å². The zero-order valence-corrected chi connectivity index (χ0v) is 8.26. The molecule has 4 heteroatoms. The SMILES string of the molecule is CC(C)C1CNCCN1CC(F)F. The molecule has 1 unspecified atom stereocenters. The van der Waals surface area contributed by atoms with Crippen molar-refractivity contribution in [3.05, 3.63) is 0 Å². The van der Waals surface area contributed by atoms with E-state index >= 15 is 0 Å². The van der Waals surface area contributed by atoms with E-state index in [-0.39, 0.29) is 12.6 Å². The largest absolute Gasteiger partial charge is 0.314 e. The van der Waals surface area contributed by atoms with Crippen LogP contribution in [0.4, 0.5) is 8.78 Å². The van der Waals surface area contributed by atoms with Crippen molar-refractivity contribution in [2.45, 2.75) is 26.3 Å². The highest BCUT2D eigenvalue weighted by atomic mass is 19.3. The van der Waals surface area contributed by atoms with Crippen LogP contribution in [0.25, 0.3) is 0 Å². The molecule has 0 amide bonds. The predicted octanol–water partition coefficient (Wildman–Crippen LogP) is 1.18. The number of nitrogens with one attached hydrogen (secondary N) is 1. The normalized spacial score (nSPS) is 25.8. The number of rotatable bonds is 3. The second-order valence-electron chi connectivity index (χ2n) is 3.90. The fourth-order valence-corrected chi connectivity index (χ4v) is 1.83. The number of halogens is 2. The van der Waals surface area contributed by atoms with Crippen molar-refractivity contribution in [3.63, 3.8) is 0 Å². The molecule has 0 radical (unpaired) electrons. The van der Waals surface area contributed by atoms with Crippen molar-refractivity contribution in [2.75, 3.05) is 26.2 Å². The molecule has 13 heavy (non-hydrogen) atoms. The number of hydrogen-bond donors (Lipinski definition) is 1. The third-order valence-corrected chi connectivity index (χ3v) is 2.54. The molecule has 1 aliphatic heterocycles. The van der Waals surface area contributed by atoms with Gasteiger partial charge in [-0.3, -0.25) is 4.90 Å². The molecule has 1 atom stereocenters. The molecule has 2 nitrogen and oxygen atoms in total. The highest BCUT2D eigenvalue weighted by Crippen LogP contribution is 2.14. The molecule has 1 heterocycles. The van der Waals surface area contributed by atoms with Gasteiger partial charge < -0.3 is 5.32 Å². The van der Waals surface area contributed by atoms with Gasteiger partial charge in [0.15, 0.2) is 0 Å². The molecule has 0 saturated carbocycles. The maximum absolute atomic E-state index is 12.2. The molecule has 0 bridgehead atoms. The summed E-state index contributed by atoms with van der Waals surface area (Å²) in [6.07, 6.45) is -2.21. The Hall–Kier alpha value is -0.220. The highest BCUT2D eigenvalue weighted by Gasteiger charge is 2.26. The smallest absolute Gasteiger partial charge is 0.251 e. The molecule has 1 rings (SSSR count). The van der Waals surface area contributed by atoms with Crippen LogP contribution >= 0.6 is 0 Å². The van der Waals surface area contributed by atoms with Crippen LogP contribution in [0, 0.1) is 5.92 Å². The zero-order valence-electron chi connectivity index (χ0n) is 8.26. The van der Waals surface area contributed by atoms with Crippen molar-refractivity contribution < 1.29 is 8.78 Å². The summed E-state index contributed by atoms with van der Waals surface area (Å²) in [4.78, 5) is 1.89. The summed E-state index contributed by atoms with van der Waals surface area (Å²) in [6, 6.07) is 0.266. The first-order chi connectivity index (χ1) is 6.11. The first kappa shape index (κ1) is 10.9. The summed E-state index contributed by atoms with van der Waals surface area (Å²) < 4.78 is 24.4. The molecule has 1 saturated heterocycles. The van der Waals surface area contributed by atoms with Crippen LogP contribution in [-0.4, -0.2) is 43.5 Å². The van der Waals surface area contributed by atoms with Crippen molar-refractivity contribution in [3.8, 4) is 0 Å². The molecule has 0 aromatic heterocycles. The number of hydrogen-bond acceptors (Lipinski definition) is 2. The summed E-state index contributed by atoms with van der Waals surface area (Å²) >= 11 is 0. The van der Waals surface area contributed by atoms with Crippen LogP contribution in [0.15, 0.2) is 0 Å². The van der Waals surface area contributed by atoms with Gasteiger partial charge in [-0.1, -0.05) is 13.8 Å². The van der Waals surface area contributed by atoms with Crippen molar-refractivity contribution in [1.29, 1.82) is 0 Å². The van der Waals surface area contributed by atoms with E-state index in [1.807, 2.05) is 4.90 Å². The molecule has 0 aliphatic carbocycles. The molecule has 1 aliphatic rings. The highest BCUT2D eigenvalue weighted by molar-refractivity contribution is 4.82. The molecule has 0 aromatic carbocycles. The topological polar surface area (TPSA) is 15.3 Å². The minimum absolute atomic E-state index is 0.0788. The Morgan fingerprint density at radius 1 is 1.46 bits per heavy atom. The Morgan fingerprint density at radius 3 is 2.69 bits per heavy atom. The Morgan fingerprint density at radius 2 is 2.15 bits per heavy atom. The molecule has 0 spiro atoms. The van der Waals surface area contributed by atoms with E-state index in [4.69, 9.17) is 0 Å². The van der Waals surface area contributed by atoms with Gasteiger partial charge in [-0.05, 0) is 5.92 Å². The lowest BCUT2D eigenvalue weighted by atomic mass is 10.0. The Kier molecular flexibility index (Phi) is 4.06. The minimum atomic E-state index is -2.21. The average molecular weight is 192 g/mol. The van der Waals surface area contributed by atoms with Gasteiger partial charge in [0.05, 0.1) is 6.54 Å². The van der Waals surface area contributed by atoms with Crippen molar-refractivity contribution in [2.24, 2.45) is 5.92 Å². The number of piperazine rings is 1. The number of nitrogens with zero attached hydrogens (tertiary/aromatic N) is 1. The maximum Gasteiger partial charge on any atom is 0.251 e. The standard InChI is InChI=1S/C9H18F2N2/c1-7(2)8-5-12-3-4-13(8)6-9(10)11/h7-9,12H,3-6H2,1-2H3. The van der Waals surface area contributed by atoms with E-state index in [0.717, 1.165) is 19.6 Å². The second kappa shape index (κ2) is 4.86. The van der Waals surface area contributed by atoms with Gasteiger partial charge in [0.1, 0.15) is 0 Å². The number of alkyl halides is 2. The summed E-state index contributed by atoms with van der Waals surface area (Å²) in [7, 11) is 0. The van der Waals surface area contributed by atoms with Gasteiger partial charge in [0, 0.05) is 25.7 Å². The third kappa shape index (κ3) is 3.19. The Bertz CT molecular complexity index is 151. The van der Waals surface area contributed by atoms with E-state index in [0.29, 0.717) is 5.92 Å². The lowest BCUT2D eigenvalue weighted by Gasteiger charge is -2.38. The lowest BCUT2D eigenvalue weighted by Crippen LogP contribution is -2.54. The molecule has 78 valence electrons. The van der Waals surface area contributed by atoms with Crippen molar-refractivity contribution >= 4 is 0 Å². The van der Waals surface area contributed by atoms with Crippen LogP contribution in [-0.2, 0) is 0 Å². The van der Waals surface area contributed by atoms with Gasteiger partial charge in [-0.2, -0.15) is 0 Å². The molecular weight excluding hydrogens is 174 g/mol. The van der Waals surface area contributed by atoms with Gasteiger partial charge in [0.2, 0.25) is 0 Å². The average Bonchev–Trinajstić information content (AvgIpc) is 2.03. The van der Waals surface area contributed by atoms with Crippen LogP contribution in [0.2, 0.25) is 0 Å². The maximum atomic E-state index is 12.2. The summed E-state index contributed by atoms with van der Waals surface area (Å²) in [5, 5.41) is 3.23. The van der Waals surface area contributed by atoms with Crippen LogP contribution < -0.4 is 5.32 Å². The van der Waals surface area contributed by atoms with Gasteiger partial charge in [-0.25, -0.2) is 8.78 Å². The Labute approximate surface area is 78.3 Å². The van der Waals surface area contributed by atoms with E-state index < -0.39 is 6.43 Å². The summed E-state index contributed by atoms with van der Waals surface area (Å²) in [6.45, 7) is 6.49. The van der Waals surface area contributed by atoms with Crippen LogP contribution in [0.3, 0.4) is 0 Å². The van der Waals surface area contributed by atoms with E-state index in [1.54, 1.807) is 0 Å². The molecule has 1 fully saturated rings. The zero-order chi connectivity index (χ0) is 9.84. The minimum Gasteiger partial charge on any atom is -0.314 e. The summed E-state index contributed by atoms with van der Waals surface area (Å²) in [5.74, 6) is 0.437. The fraction of sp³-hybridized carbons (Fsp3) is 1.00. The van der Waals surface area contributed by atoms with Crippen LogP contribution in [0.5, 0.6) is 0 Å². The molecule has 1 N–H and O–H groups in total. The second-order valence-corrected chi connectivity index (χ2v) is 3.90. The molecule has 0 aromatic rings. The van der Waals surface area contributed by atoms with Crippen molar-refractivity contribution in [1.82, 2.24) is 10.2 Å². The lowest BCUT2D eigenvalue weighted by molar-refractivity contribution is 0.0409. The van der Waals surface area contributed by atoms with Gasteiger partial charge in [-0.15, -0.1) is 0 Å².